The van der Waals surface area contributed by atoms with Gasteiger partial charge in [0.2, 0.25) is 0 Å². The van der Waals surface area contributed by atoms with E-state index in [9.17, 15) is 0 Å². The topological polar surface area (TPSA) is 8.17 Å². The quantitative estimate of drug-likeness (QED) is 0.165. The second-order valence-corrected chi connectivity index (χ2v) is 15.7. The van der Waals surface area contributed by atoms with Gasteiger partial charge in [0.1, 0.15) is 0 Å². The number of hydrogen-bond acceptors (Lipinski definition) is 1. The lowest BCUT2D eigenvalue weighted by atomic mass is 9.82. The first kappa shape index (κ1) is 33.2. The monoisotopic (exact) mass is 728 g/mol. The summed E-state index contributed by atoms with van der Waals surface area (Å²) in [6, 6.07) is 75.6. The number of benzene rings is 9. The van der Waals surface area contributed by atoms with Gasteiger partial charge in [-0.3, -0.25) is 0 Å². The summed E-state index contributed by atoms with van der Waals surface area (Å²) in [6.07, 6.45) is 0. The van der Waals surface area contributed by atoms with E-state index < -0.39 is 0 Å². The van der Waals surface area contributed by atoms with Gasteiger partial charge >= 0.3 is 0 Å². The minimum Gasteiger partial charge on any atom is -0.310 e. The second kappa shape index (κ2) is 13.0. The average Bonchev–Trinajstić information content (AvgIpc) is 3.73. The normalized spacial score (nSPS) is 12.9. The Balaban J connectivity index is 1.16. The summed E-state index contributed by atoms with van der Waals surface area (Å²) in [7, 11) is 0. The third-order valence-electron chi connectivity index (χ3n) is 12.2. The molecule has 57 heavy (non-hydrogen) atoms. The van der Waals surface area contributed by atoms with Crippen molar-refractivity contribution in [3.05, 3.63) is 217 Å². The molecule has 0 saturated heterocycles. The first-order valence-corrected chi connectivity index (χ1v) is 19.9. The molecule has 0 atom stereocenters. The molecule has 270 valence electrons. The number of anilines is 3. The number of fused-ring (bicyclic) bond motifs is 8. The van der Waals surface area contributed by atoms with E-state index in [1.807, 2.05) is 0 Å². The van der Waals surface area contributed by atoms with E-state index in [1.165, 1.54) is 77.1 Å². The number of nitrogens with zero attached hydrogens (tertiary/aromatic N) is 2. The molecule has 9 aromatic carbocycles. The second-order valence-electron chi connectivity index (χ2n) is 15.7. The molecular formula is C55H40N2. The SMILES string of the molecule is CC1(C)c2ccccc2-c2ccc(N(c3cccc(-n4c5ccccc5c5c6c(-c7ccccc7)cccc6ccc54)c3)c3ccccc3-c3ccccc3)cc21. The lowest BCUT2D eigenvalue weighted by Crippen LogP contribution is -2.17. The van der Waals surface area contributed by atoms with Gasteiger partial charge in [0.25, 0.3) is 0 Å². The summed E-state index contributed by atoms with van der Waals surface area (Å²) in [6.45, 7) is 4.72. The van der Waals surface area contributed by atoms with Crippen LogP contribution >= 0.6 is 0 Å². The van der Waals surface area contributed by atoms with Gasteiger partial charge < -0.3 is 9.47 Å². The van der Waals surface area contributed by atoms with Crippen LogP contribution < -0.4 is 4.90 Å². The van der Waals surface area contributed by atoms with Crippen LogP contribution in [-0.4, -0.2) is 4.57 Å². The van der Waals surface area contributed by atoms with Gasteiger partial charge in [0, 0.05) is 38.8 Å². The minimum atomic E-state index is -0.126. The number of aromatic nitrogens is 1. The standard InChI is InChI=1S/C55H40N2/c1-55(2)48-28-12-9-25-45(48)46-33-32-42(36-49(46)55)56(50-29-13-10-24-43(50)37-17-5-3-6-18-37)40-22-16-23-41(35-40)57-51-30-14-11-26-47(51)54-52(57)34-31-39-21-15-27-44(53(39)54)38-19-7-4-8-20-38/h3-36H,1-2H3. The highest BCUT2D eigenvalue weighted by molar-refractivity contribution is 6.25. The molecule has 0 amide bonds. The van der Waals surface area contributed by atoms with E-state index in [0.29, 0.717) is 0 Å². The van der Waals surface area contributed by atoms with Crippen molar-refractivity contribution < 1.29 is 0 Å². The van der Waals surface area contributed by atoms with Crippen LogP contribution in [-0.2, 0) is 5.41 Å². The Hall–Kier alpha value is -7.16. The van der Waals surface area contributed by atoms with Crippen LogP contribution in [0, 0.1) is 0 Å². The molecule has 0 N–H and O–H groups in total. The molecule has 1 aliphatic rings. The summed E-state index contributed by atoms with van der Waals surface area (Å²) in [4.78, 5) is 2.46. The molecule has 0 bridgehead atoms. The van der Waals surface area contributed by atoms with Crippen molar-refractivity contribution in [3.8, 4) is 39.1 Å². The maximum atomic E-state index is 2.46. The largest absolute Gasteiger partial charge is 0.310 e. The third kappa shape index (κ3) is 5.18. The van der Waals surface area contributed by atoms with Crippen LogP contribution in [0.4, 0.5) is 17.1 Å². The van der Waals surface area contributed by atoms with Crippen molar-refractivity contribution >= 4 is 49.6 Å². The Morgan fingerprint density at radius 1 is 0.404 bits per heavy atom. The molecule has 0 radical (unpaired) electrons. The van der Waals surface area contributed by atoms with Gasteiger partial charge in [0.05, 0.1) is 16.7 Å². The Kier molecular flexibility index (Phi) is 7.55. The van der Waals surface area contributed by atoms with Crippen LogP contribution in [0.1, 0.15) is 25.0 Å². The summed E-state index contributed by atoms with van der Waals surface area (Å²) in [5.41, 5.74) is 17.0. The summed E-state index contributed by atoms with van der Waals surface area (Å²) < 4.78 is 2.46. The van der Waals surface area contributed by atoms with E-state index in [0.717, 1.165) is 22.7 Å². The Morgan fingerprint density at radius 3 is 1.86 bits per heavy atom. The highest BCUT2D eigenvalue weighted by Gasteiger charge is 2.36. The van der Waals surface area contributed by atoms with Crippen LogP contribution in [0.5, 0.6) is 0 Å². The predicted octanol–water partition coefficient (Wildman–Crippen LogP) is 15.0. The lowest BCUT2D eigenvalue weighted by molar-refractivity contribution is 0.660. The van der Waals surface area contributed by atoms with E-state index in [4.69, 9.17) is 0 Å². The number of hydrogen-bond donors (Lipinski definition) is 0. The summed E-state index contributed by atoms with van der Waals surface area (Å²) in [5.74, 6) is 0. The van der Waals surface area contributed by atoms with E-state index in [1.54, 1.807) is 0 Å². The Bertz CT molecular complexity index is 3150. The zero-order valence-corrected chi connectivity index (χ0v) is 32.0. The zero-order valence-electron chi connectivity index (χ0n) is 32.0. The molecule has 0 unspecified atom stereocenters. The van der Waals surface area contributed by atoms with Crippen molar-refractivity contribution in [1.29, 1.82) is 0 Å². The zero-order chi connectivity index (χ0) is 38.1. The van der Waals surface area contributed by atoms with Crippen molar-refractivity contribution in [2.45, 2.75) is 19.3 Å². The van der Waals surface area contributed by atoms with Gasteiger partial charge in [-0.2, -0.15) is 0 Å². The molecule has 1 aromatic heterocycles. The third-order valence-corrected chi connectivity index (χ3v) is 12.2. The van der Waals surface area contributed by atoms with Crippen LogP contribution in [0.3, 0.4) is 0 Å². The predicted molar refractivity (Wildman–Crippen MR) is 241 cm³/mol. The Labute approximate surface area is 333 Å². The van der Waals surface area contributed by atoms with Crippen molar-refractivity contribution in [2.24, 2.45) is 0 Å². The van der Waals surface area contributed by atoms with Crippen LogP contribution in [0.25, 0.3) is 71.6 Å². The van der Waals surface area contributed by atoms with Crippen LogP contribution in [0.2, 0.25) is 0 Å². The van der Waals surface area contributed by atoms with Crippen molar-refractivity contribution in [2.75, 3.05) is 4.90 Å². The molecule has 0 aliphatic heterocycles. The van der Waals surface area contributed by atoms with E-state index >= 15 is 0 Å². The molecule has 2 heteroatoms. The smallest absolute Gasteiger partial charge is 0.0547 e. The van der Waals surface area contributed by atoms with Crippen molar-refractivity contribution in [1.82, 2.24) is 4.57 Å². The number of para-hydroxylation sites is 2. The fourth-order valence-electron chi connectivity index (χ4n) is 9.53. The first-order chi connectivity index (χ1) is 28.1. The van der Waals surface area contributed by atoms with E-state index in [2.05, 4.69) is 230 Å². The fraction of sp³-hybridized carbons (Fsp3) is 0.0545. The van der Waals surface area contributed by atoms with Crippen LogP contribution in [0.15, 0.2) is 206 Å². The minimum absolute atomic E-state index is 0.126. The Morgan fingerprint density at radius 2 is 1.04 bits per heavy atom. The molecule has 10 aromatic rings. The summed E-state index contributed by atoms with van der Waals surface area (Å²) in [5, 5.41) is 5.05. The summed E-state index contributed by atoms with van der Waals surface area (Å²) >= 11 is 0. The lowest BCUT2D eigenvalue weighted by Gasteiger charge is -2.30. The molecule has 2 nitrogen and oxygen atoms in total. The van der Waals surface area contributed by atoms with Gasteiger partial charge in [-0.15, -0.1) is 0 Å². The van der Waals surface area contributed by atoms with Gasteiger partial charge in [-0.1, -0.05) is 172 Å². The fourth-order valence-corrected chi connectivity index (χ4v) is 9.53. The molecule has 0 spiro atoms. The molecule has 11 rings (SSSR count). The van der Waals surface area contributed by atoms with E-state index in [-0.39, 0.29) is 5.41 Å². The molecular weight excluding hydrogens is 689 g/mol. The maximum Gasteiger partial charge on any atom is 0.0547 e. The maximum absolute atomic E-state index is 2.46. The van der Waals surface area contributed by atoms with Gasteiger partial charge in [-0.25, -0.2) is 0 Å². The average molecular weight is 729 g/mol. The highest BCUT2D eigenvalue weighted by Crippen LogP contribution is 2.51. The molecule has 0 fully saturated rings. The molecule has 1 heterocycles. The molecule has 0 saturated carbocycles. The van der Waals surface area contributed by atoms with Gasteiger partial charge in [-0.05, 0) is 98.2 Å². The van der Waals surface area contributed by atoms with Gasteiger partial charge in [0.15, 0.2) is 0 Å². The highest BCUT2D eigenvalue weighted by atomic mass is 15.1. The van der Waals surface area contributed by atoms with Crippen molar-refractivity contribution in [3.63, 3.8) is 0 Å². The number of rotatable bonds is 6. The molecule has 1 aliphatic carbocycles. The first-order valence-electron chi connectivity index (χ1n) is 19.9.